The summed E-state index contributed by atoms with van der Waals surface area (Å²) in [5.41, 5.74) is 1.98. The normalized spacial score (nSPS) is 19.4. The van der Waals surface area contributed by atoms with Gasteiger partial charge in [0, 0.05) is 32.6 Å². The average molecular weight is 473 g/mol. The number of aliphatic hydroxyl groups is 1. The standard InChI is InChI=1S/C27H40N2O5/c1-27(2,3)34-26(32)29-15-13-20(14-16-29)19-33-24-11-9-22(10-12-24)21-5-7-23(8-6-21)25(31)28(4)17-18-30/h5,9-12,20,23,30H,6-8,13-19H2,1-4H3. The maximum absolute atomic E-state index is 12.4. The van der Waals surface area contributed by atoms with Crippen LogP contribution in [0.2, 0.25) is 0 Å². The van der Waals surface area contributed by atoms with E-state index in [1.165, 1.54) is 11.1 Å². The first-order chi connectivity index (χ1) is 16.2. The number of carbonyl (C=O) groups excluding carboxylic acids is 2. The van der Waals surface area contributed by atoms with Crippen molar-refractivity contribution in [3.63, 3.8) is 0 Å². The van der Waals surface area contributed by atoms with Gasteiger partial charge in [-0.3, -0.25) is 4.79 Å². The van der Waals surface area contributed by atoms with Crippen LogP contribution < -0.4 is 4.74 Å². The Labute approximate surface area is 203 Å². The average Bonchev–Trinajstić information content (AvgIpc) is 2.82. The van der Waals surface area contributed by atoms with Crippen molar-refractivity contribution < 1.29 is 24.2 Å². The van der Waals surface area contributed by atoms with Crippen LogP contribution >= 0.6 is 0 Å². The van der Waals surface area contributed by atoms with E-state index in [4.69, 9.17) is 14.6 Å². The van der Waals surface area contributed by atoms with E-state index in [2.05, 4.69) is 18.2 Å². The third-order valence-electron chi connectivity index (χ3n) is 6.55. The molecule has 1 heterocycles. The van der Waals surface area contributed by atoms with Crippen molar-refractivity contribution >= 4 is 17.6 Å². The highest BCUT2D eigenvalue weighted by Crippen LogP contribution is 2.32. The lowest BCUT2D eigenvalue weighted by atomic mass is 9.86. The molecule has 1 fully saturated rings. The summed E-state index contributed by atoms with van der Waals surface area (Å²) < 4.78 is 11.5. The molecule has 2 amide bonds. The molecule has 3 rings (SSSR count). The highest BCUT2D eigenvalue weighted by molar-refractivity contribution is 5.80. The maximum atomic E-state index is 12.4. The highest BCUT2D eigenvalue weighted by atomic mass is 16.6. The Bertz CT molecular complexity index is 851. The molecule has 0 spiro atoms. The zero-order valence-corrected chi connectivity index (χ0v) is 21.1. The molecule has 1 atom stereocenters. The first-order valence-electron chi connectivity index (χ1n) is 12.4. The van der Waals surface area contributed by atoms with E-state index < -0.39 is 5.60 Å². The lowest BCUT2D eigenvalue weighted by molar-refractivity contribution is -0.134. The van der Waals surface area contributed by atoms with E-state index in [1.807, 2.05) is 32.9 Å². The number of hydrogen-bond donors (Lipinski definition) is 1. The molecule has 0 aromatic heterocycles. The van der Waals surface area contributed by atoms with E-state index >= 15 is 0 Å². The van der Waals surface area contributed by atoms with Crippen LogP contribution in [-0.4, -0.2) is 72.4 Å². The van der Waals surface area contributed by atoms with Gasteiger partial charge in [-0.15, -0.1) is 0 Å². The Morgan fingerprint density at radius 2 is 1.79 bits per heavy atom. The second kappa shape index (κ2) is 11.7. The van der Waals surface area contributed by atoms with Gasteiger partial charge in [0.05, 0.1) is 13.2 Å². The SMILES string of the molecule is CN(CCO)C(=O)C1CC=C(c2ccc(OCC3CCN(C(=O)OC(C)(C)C)CC3)cc2)CC1. The molecule has 188 valence electrons. The number of aliphatic hydroxyl groups excluding tert-OH is 1. The fraction of sp³-hybridized carbons (Fsp3) is 0.630. The summed E-state index contributed by atoms with van der Waals surface area (Å²) in [5, 5.41) is 9.04. The first kappa shape index (κ1) is 26.1. The van der Waals surface area contributed by atoms with Crippen LogP contribution in [0.15, 0.2) is 30.3 Å². The van der Waals surface area contributed by atoms with Crippen LogP contribution in [0.3, 0.4) is 0 Å². The minimum atomic E-state index is -0.465. The summed E-state index contributed by atoms with van der Waals surface area (Å²) in [6.45, 7) is 8.10. The Balaban J connectivity index is 1.43. The molecule has 7 nitrogen and oxygen atoms in total. The van der Waals surface area contributed by atoms with Crippen molar-refractivity contribution in [3.05, 3.63) is 35.9 Å². The predicted molar refractivity (Wildman–Crippen MR) is 133 cm³/mol. The number of carbonyl (C=O) groups is 2. The monoisotopic (exact) mass is 472 g/mol. The quantitative estimate of drug-likeness (QED) is 0.638. The maximum Gasteiger partial charge on any atom is 0.410 e. The summed E-state index contributed by atoms with van der Waals surface area (Å²) in [6, 6.07) is 8.20. The molecule has 1 aromatic carbocycles. The largest absolute Gasteiger partial charge is 0.493 e. The lowest BCUT2D eigenvalue weighted by Crippen LogP contribution is -2.42. The molecule has 1 saturated heterocycles. The van der Waals surface area contributed by atoms with E-state index in [9.17, 15) is 9.59 Å². The Hall–Kier alpha value is -2.54. The van der Waals surface area contributed by atoms with Crippen molar-refractivity contribution in [2.24, 2.45) is 11.8 Å². The molecule has 34 heavy (non-hydrogen) atoms. The molecule has 1 N–H and O–H groups in total. The second-order valence-electron chi connectivity index (χ2n) is 10.4. The van der Waals surface area contributed by atoms with E-state index in [1.54, 1.807) is 16.8 Å². The number of allylic oxidation sites excluding steroid dienone is 2. The number of ether oxygens (including phenoxy) is 2. The van der Waals surface area contributed by atoms with Crippen molar-refractivity contribution in [3.8, 4) is 5.75 Å². The zero-order chi connectivity index (χ0) is 24.7. The third-order valence-corrected chi connectivity index (χ3v) is 6.55. The number of nitrogens with zero attached hydrogens (tertiary/aromatic N) is 2. The van der Waals surface area contributed by atoms with Gasteiger partial charge in [-0.05, 0) is 82.1 Å². The number of amides is 2. The van der Waals surface area contributed by atoms with Gasteiger partial charge in [0.2, 0.25) is 5.91 Å². The van der Waals surface area contributed by atoms with Crippen molar-refractivity contribution in [1.29, 1.82) is 0 Å². The Morgan fingerprint density at radius 1 is 1.12 bits per heavy atom. The summed E-state index contributed by atoms with van der Waals surface area (Å²) >= 11 is 0. The van der Waals surface area contributed by atoms with Gasteiger partial charge in [-0.1, -0.05) is 18.2 Å². The van der Waals surface area contributed by atoms with Crippen LogP contribution in [0.5, 0.6) is 5.75 Å². The number of piperidine rings is 1. The Kier molecular flexibility index (Phi) is 9.00. The van der Waals surface area contributed by atoms with Gasteiger partial charge in [-0.25, -0.2) is 4.79 Å². The van der Waals surface area contributed by atoms with Crippen LogP contribution in [0.1, 0.15) is 58.4 Å². The molecule has 0 bridgehead atoms. The van der Waals surface area contributed by atoms with Crippen molar-refractivity contribution in [1.82, 2.24) is 9.80 Å². The number of rotatable bonds is 7. The predicted octanol–water partition coefficient (Wildman–Crippen LogP) is 4.35. The molecule has 2 aliphatic rings. The van der Waals surface area contributed by atoms with Crippen LogP contribution in [-0.2, 0) is 9.53 Å². The number of benzene rings is 1. The van der Waals surface area contributed by atoms with Gasteiger partial charge >= 0.3 is 6.09 Å². The summed E-state index contributed by atoms with van der Waals surface area (Å²) in [7, 11) is 1.75. The summed E-state index contributed by atoms with van der Waals surface area (Å²) in [6.07, 6.45) is 6.22. The number of likely N-dealkylation sites (N-methyl/N-ethyl adjacent to an activating group) is 1. The van der Waals surface area contributed by atoms with Crippen molar-refractivity contribution in [2.75, 3.05) is 39.9 Å². The molecule has 7 heteroatoms. The van der Waals surface area contributed by atoms with E-state index in [0.29, 0.717) is 32.2 Å². The molecule has 0 radical (unpaired) electrons. The number of hydrogen-bond acceptors (Lipinski definition) is 5. The molecule has 1 unspecified atom stereocenters. The van der Waals surface area contributed by atoms with Crippen LogP contribution in [0.25, 0.3) is 5.57 Å². The minimum absolute atomic E-state index is 0.00422. The first-order valence-corrected chi connectivity index (χ1v) is 12.4. The molecular formula is C27H40N2O5. The third kappa shape index (κ3) is 7.49. The number of likely N-dealkylation sites (tertiary alicyclic amines) is 1. The van der Waals surface area contributed by atoms with Gasteiger partial charge in [0.15, 0.2) is 0 Å². The van der Waals surface area contributed by atoms with Crippen LogP contribution in [0.4, 0.5) is 4.79 Å². The molecule has 1 aliphatic heterocycles. The fourth-order valence-corrected chi connectivity index (χ4v) is 4.48. The molecule has 0 saturated carbocycles. The topological polar surface area (TPSA) is 79.3 Å². The zero-order valence-electron chi connectivity index (χ0n) is 21.1. The van der Waals surface area contributed by atoms with Gasteiger partial charge in [0.1, 0.15) is 11.4 Å². The molecular weight excluding hydrogens is 432 g/mol. The van der Waals surface area contributed by atoms with Crippen LogP contribution in [0, 0.1) is 11.8 Å². The lowest BCUT2D eigenvalue weighted by Gasteiger charge is -2.33. The minimum Gasteiger partial charge on any atom is -0.493 e. The summed E-state index contributed by atoms with van der Waals surface area (Å²) in [4.78, 5) is 28.0. The fourth-order valence-electron chi connectivity index (χ4n) is 4.48. The second-order valence-corrected chi connectivity index (χ2v) is 10.4. The van der Waals surface area contributed by atoms with Gasteiger partial charge < -0.3 is 24.4 Å². The van der Waals surface area contributed by atoms with Gasteiger partial charge in [-0.2, -0.15) is 0 Å². The van der Waals surface area contributed by atoms with E-state index in [-0.39, 0.29) is 24.5 Å². The van der Waals surface area contributed by atoms with E-state index in [0.717, 1.165) is 37.9 Å². The summed E-state index contributed by atoms with van der Waals surface area (Å²) in [5.74, 6) is 1.40. The highest BCUT2D eigenvalue weighted by Gasteiger charge is 2.27. The van der Waals surface area contributed by atoms with Crippen molar-refractivity contribution in [2.45, 2.75) is 58.5 Å². The Morgan fingerprint density at radius 3 is 2.35 bits per heavy atom. The molecule has 1 aliphatic carbocycles. The smallest absolute Gasteiger partial charge is 0.410 e. The van der Waals surface area contributed by atoms with Gasteiger partial charge in [0.25, 0.3) is 0 Å². The molecule has 1 aromatic rings.